The fourth-order valence-electron chi connectivity index (χ4n) is 4.13. The number of esters is 1. The minimum Gasteiger partial charge on any atom is -0.507 e. The van der Waals surface area contributed by atoms with Crippen LogP contribution in [0.15, 0.2) is 54.1 Å². The predicted octanol–water partition coefficient (Wildman–Crippen LogP) is 4.95. The molecule has 1 aliphatic heterocycles. The number of carbonyl (C=O) groups is 3. The molecule has 1 aliphatic rings. The number of ether oxygens (including phenoxy) is 2. The Morgan fingerprint density at radius 1 is 1.18 bits per heavy atom. The number of non-ortho nitro benzene ring substituents is 1. The topological polar surface area (TPSA) is 149 Å². The van der Waals surface area contributed by atoms with Crippen molar-refractivity contribution in [1.29, 1.82) is 0 Å². The number of aliphatic hydroxyl groups excluding tert-OH is 1. The highest BCUT2D eigenvalue weighted by Gasteiger charge is 2.48. The molecule has 0 radical (unpaired) electrons. The lowest BCUT2D eigenvalue weighted by Crippen LogP contribution is -2.29. The first-order valence-electron chi connectivity index (χ1n) is 12.1. The van der Waals surface area contributed by atoms with Crippen molar-refractivity contribution in [3.63, 3.8) is 0 Å². The second kappa shape index (κ2) is 11.4. The molecule has 1 aromatic heterocycles. The van der Waals surface area contributed by atoms with Gasteiger partial charge in [0.25, 0.3) is 11.5 Å². The Balaban J connectivity index is 1.91. The summed E-state index contributed by atoms with van der Waals surface area (Å²) in [5.74, 6) is -2.67. The minimum atomic E-state index is -1.26. The molecule has 1 unspecified atom stereocenters. The SMILES string of the molecule is CCCOc1cccc(C(O)=C2C(=O)C(=O)N(c3nc(C)c(C(=O)OCC)s3)C2c2cccc([N+](=O)[O-])c2)c1. The van der Waals surface area contributed by atoms with Gasteiger partial charge in [0.1, 0.15) is 16.4 Å². The van der Waals surface area contributed by atoms with Gasteiger partial charge in [0.05, 0.1) is 35.4 Å². The van der Waals surface area contributed by atoms with E-state index in [-0.39, 0.29) is 44.7 Å². The van der Waals surface area contributed by atoms with Gasteiger partial charge in [0, 0.05) is 17.7 Å². The number of thiazole rings is 1. The van der Waals surface area contributed by atoms with Gasteiger partial charge in [-0.1, -0.05) is 42.5 Å². The van der Waals surface area contributed by atoms with Crippen LogP contribution in [0.5, 0.6) is 5.75 Å². The lowest BCUT2D eigenvalue weighted by Gasteiger charge is -2.23. The fourth-order valence-corrected chi connectivity index (χ4v) is 5.12. The molecule has 1 fully saturated rings. The van der Waals surface area contributed by atoms with Crippen molar-refractivity contribution in [2.75, 3.05) is 18.1 Å². The second-order valence-electron chi connectivity index (χ2n) is 8.53. The summed E-state index contributed by atoms with van der Waals surface area (Å²) in [6.07, 6.45) is 0.759. The van der Waals surface area contributed by atoms with Gasteiger partial charge >= 0.3 is 11.9 Å². The number of ketones is 1. The highest BCUT2D eigenvalue weighted by Crippen LogP contribution is 2.44. The Hall–Kier alpha value is -4.58. The summed E-state index contributed by atoms with van der Waals surface area (Å²) < 4.78 is 10.7. The van der Waals surface area contributed by atoms with E-state index in [2.05, 4.69) is 4.98 Å². The lowest BCUT2D eigenvalue weighted by molar-refractivity contribution is -0.384. The lowest BCUT2D eigenvalue weighted by atomic mass is 9.95. The summed E-state index contributed by atoms with van der Waals surface area (Å²) in [4.78, 5) is 55.7. The van der Waals surface area contributed by atoms with Crippen LogP contribution in [-0.4, -0.2) is 45.9 Å². The van der Waals surface area contributed by atoms with E-state index in [9.17, 15) is 29.6 Å². The Morgan fingerprint density at radius 3 is 2.62 bits per heavy atom. The summed E-state index contributed by atoms with van der Waals surface area (Å²) in [5, 5.41) is 22.9. The molecule has 2 aromatic carbocycles. The van der Waals surface area contributed by atoms with Crippen LogP contribution < -0.4 is 9.64 Å². The Kier molecular flexibility index (Phi) is 8.05. The first-order valence-corrected chi connectivity index (χ1v) is 12.9. The minimum absolute atomic E-state index is 0.00763. The zero-order chi connectivity index (χ0) is 28.3. The zero-order valence-corrected chi connectivity index (χ0v) is 22.2. The number of hydrogen-bond donors (Lipinski definition) is 1. The number of anilines is 1. The number of carbonyl (C=O) groups excluding carboxylic acids is 3. The molecule has 0 spiro atoms. The maximum Gasteiger partial charge on any atom is 0.350 e. The third kappa shape index (κ3) is 5.36. The van der Waals surface area contributed by atoms with Crippen molar-refractivity contribution in [3.8, 4) is 5.75 Å². The number of rotatable bonds is 9. The molecule has 3 aromatic rings. The number of aliphatic hydroxyl groups is 1. The van der Waals surface area contributed by atoms with Gasteiger partial charge in [-0.15, -0.1) is 0 Å². The van der Waals surface area contributed by atoms with Crippen LogP contribution in [0.1, 0.15) is 52.8 Å². The maximum atomic E-state index is 13.4. The predicted molar refractivity (Wildman–Crippen MR) is 143 cm³/mol. The summed E-state index contributed by atoms with van der Waals surface area (Å²) in [6, 6.07) is 10.6. The molecule has 12 heteroatoms. The van der Waals surface area contributed by atoms with E-state index in [4.69, 9.17) is 9.47 Å². The molecule has 11 nitrogen and oxygen atoms in total. The number of nitro groups is 1. The van der Waals surface area contributed by atoms with Crippen LogP contribution in [0.25, 0.3) is 5.76 Å². The second-order valence-corrected chi connectivity index (χ2v) is 9.51. The Bertz CT molecular complexity index is 1500. The van der Waals surface area contributed by atoms with E-state index < -0.39 is 34.4 Å². The molecule has 2 heterocycles. The number of amides is 1. The van der Waals surface area contributed by atoms with E-state index >= 15 is 0 Å². The van der Waals surface area contributed by atoms with Gasteiger partial charge < -0.3 is 14.6 Å². The zero-order valence-electron chi connectivity index (χ0n) is 21.4. The maximum absolute atomic E-state index is 13.4. The van der Waals surface area contributed by atoms with E-state index in [1.54, 1.807) is 32.0 Å². The number of aromatic nitrogens is 1. The van der Waals surface area contributed by atoms with E-state index in [0.29, 0.717) is 12.4 Å². The van der Waals surface area contributed by atoms with Crippen LogP contribution in [0.4, 0.5) is 10.8 Å². The molecule has 1 atom stereocenters. The highest BCUT2D eigenvalue weighted by atomic mass is 32.1. The van der Waals surface area contributed by atoms with Crippen LogP contribution in [0, 0.1) is 17.0 Å². The van der Waals surface area contributed by atoms with E-state index in [0.717, 1.165) is 22.7 Å². The molecule has 0 bridgehead atoms. The molecule has 1 saturated heterocycles. The van der Waals surface area contributed by atoms with Crippen LogP contribution in [0.3, 0.4) is 0 Å². The average molecular weight is 552 g/mol. The quantitative estimate of drug-likeness (QED) is 0.0973. The van der Waals surface area contributed by atoms with Crippen molar-refractivity contribution in [2.45, 2.75) is 33.2 Å². The van der Waals surface area contributed by atoms with Crippen molar-refractivity contribution in [1.82, 2.24) is 4.98 Å². The number of hydrogen-bond acceptors (Lipinski definition) is 10. The largest absolute Gasteiger partial charge is 0.507 e. The molecule has 4 rings (SSSR count). The molecule has 39 heavy (non-hydrogen) atoms. The number of nitrogens with zero attached hydrogens (tertiary/aromatic N) is 3. The first kappa shape index (κ1) is 27.5. The molecular formula is C27H25N3O8S. The number of nitro benzene ring substituents is 1. The van der Waals surface area contributed by atoms with Crippen molar-refractivity contribution >= 4 is 45.6 Å². The van der Waals surface area contributed by atoms with Crippen molar-refractivity contribution in [3.05, 3.63) is 85.9 Å². The number of benzene rings is 2. The van der Waals surface area contributed by atoms with Gasteiger partial charge in [-0.3, -0.25) is 24.6 Å². The molecule has 0 aliphatic carbocycles. The average Bonchev–Trinajstić information content (AvgIpc) is 3.43. The van der Waals surface area contributed by atoms with Gasteiger partial charge in [0.2, 0.25) is 0 Å². The summed E-state index contributed by atoms with van der Waals surface area (Å²) in [5.41, 5.74) is 0.164. The highest BCUT2D eigenvalue weighted by molar-refractivity contribution is 7.17. The van der Waals surface area contributed by atoms with Gasteiger partial charge in [-0.25, -0.2) is 9.78 Å². The monoisotopic (exact) mass is 551 g/mol. The standard InChI is InChI=1S/C27H25N3O8S/c1-4-12-38-19-11-7-9-17(14-19)22(31)20-21(16-8-6-10-18(13-16)30(35)36)29(25(33)23(20)32)27-28-15(3)24(39-27)26(34)37-5-2/h6-11,13-14,21,31H,4-5,12H2,1-3H3. The molecule has 202 valence electrons. The smallest absolute Gasteiger partial charge is 0.350 e. The van der Waals surface area contributed by atoms with Gasteiger partial charge in [-0.05, 0) is 38.0 Å². The summed E-state index contributed by atoms with van der Waals surface area (Å²) in [6.45, 7) is 5.72. The molecular weight excluding hydrogens is 526 g/mol. The van der Waals surface area contributed by atoms with Crippen LogP contribution >= 0.6 is 11.3 Å². The third-order valence-electron chi connectivity index (χ3n) is 5.87. The third-order valence-corrected chi connectivity index (χ3v) is 7.01. The Morgan fingerprint density at radius 2 is 1.92 bits per heavy atom. The molecule has 0 saturated carbocycles. The summed E-state index contributed by atoms with van der Waals surface area (Å²) in [7, 11) is 0. The Labute approximate surface area is 227 Å². The normalized spacial score (nSPS) is 16.4. The number of aryl methyl sites for hydroxylation is 1. The fraction of sp³-hybridized carbons (Fsp3) is 0.259. The van der Waals surface area contributed by atoms with Crippen LogP contribution in [0.2, 0.25) is 0 Å². The molecule has 1 amide bonds. The summed E-state index contributed by atoms with van der Waals surface area (Å²) >= 11 is 0.850. The molecule has 1 N–H and O–H groups in total. The van der Waals surface area contributed by atoms with Crippen molar-refractivity contribution < 1.29 is 33.9 Å². The van der Waals surface area contributed by atoms with Gasteiger partial charge in [-0.2, -0.15) is 0 Å². The van der Waals surface area contributed by atoms with E-state index in [1.807, 2.05) is 6.92 Å². The van der Waals surface area contributed by atoms with E-state index in [1.165, 1.54) is 30.3 Å². The number of Topliss-reactive ketones (excluding diaryl/α,β-unsaturated/α-hetero) is 1. The van der Waals surface area contributed by atoms with Gasteiger partial charge in [0.15, 0.2) is 5.13 Å². The first-order chi connectivity index (χ1) is 18.7. The van der Waals surface area contributed by atoms with Crippen molar-refractivity contribution in [2.24, 2.45) is 0 Å². The van der Waals surface area contributed by atoms with Crippen LogP contribution in [-0.2, 0) is 14.3 Å².